The summed E-state index contributed by atoms with van der Waals surface area (Å²) in [4.78, 5) is 4.59. The summed E-state index contributed by atoms with van der Waals surface area (Å²) in [7, 11) is 2.10. The molecule has 0 aliphatic carbocycles. The summed E-state index contributed by atoms with van der Waals surface area (Å²) >= 11 is 0. The second-order valence-electron chi connectivity index (χ2n) is 7.77. The van der Waals surface area contributed by atoms with Crippen molar-refractivity contribution in [2.24, 2.45) is 7.05 Å². The lowest BCUT2D eigenvalue weighted by molar-refractivity contribution is -0.660. The fourth-order valence-electron chi connectivity index (χ4n) is 4.18. The number of aromatic nitrogens is 2. The van der Waals surface area contributed by atoms with Crippen molar-refractivity contribution in [1.82, 2.24) is 4.98 Å². The molecule has 3 heterocycles. The molecule has 0 amide bonds. The molecule has 0 aliphatic rings. The highest BCUT2D eigenvalue weighted by Crippen LogP contribution is 2.37. The second kappa shape index (κ2) is 6.56. The van der Waals surface area contributed by atoms with Crippen molar-refractivity contribution in [1.29, 1.82) is 0 Å². The van der Waals surface area contributed by atoms with E-state index in [0.717, 1.165) is 27.6 Å². The van der Waals surface area contributed by atoms with Gasteiger partial charge in [-0.25, -0.2) is 9.55 Å². The molecule has 0 atom stereocenters. The molecular weight excluding hydrogens is 356 g/mol. The number of fused-ring (bicyclic) bond motifs is 3. The summed E-state index contributed by atoms with van der Waals surface area (Å²) in [5.41, 5.74) is 9.74. The summed E-state index contributed by atoms with van der Waals surface area (Å²) in [6.45, 7) is 6.30. The minimum Gasteiger partial charge on any atom is -0.437 e. The number of pyridine rings is 2. The van der Waals surface area contributed by atoms with E-state index in [0.29, 0.717) is 5.71 Å². The number of nitrogens with zero attached hydrogens (tertiary/aromatic N) is 2. The van der Waals surface area contributed by atoms with Crippen molar-refractivity contribution >= 4 is 22.1 Å². The zero-order valence-electron chi connectivity index (χ0n) is 17.2. The predicted octanol–water partition coefficient (Wildman–Crippen LogP) is 6.06. The molecule has 0 unspecified atom stereocenters. The third-order valence-electron chi connectivity index (χ3n) is 5.69. The van der Waals surface area contributed by atoms with Gasteiger partial charge in [-0.05, 0) is 44.5 Å². The maximum atomic E-state index is 6.26. The Morgan fingerprint density at radius 3 is 2.38 bits per heavy atom. The molecule has 3 nitrogen and oxygen atoms in total. The maximum Gasteiger partial charge on any atom is 0.227 e. The van der Waals surface area contributed by atoms with E-state index < -0.39 is 0 Å². The van der Waals surface area contributed by atoms with Gasteiger partial charge in [0.15, 0.2) is 6.20 Å². The third-order valence-corrected chi connectivity index (χ3v) is 5.69. The lowest BCUT2D eigenvalue weighted by Gasteiger charge is -2.10. The number of para-hydroxylation sites is 1. The molecule has 2 aromatic carbocycles. The van der Waals surface area contributed by atoms with E-state index in [2.05, 4.69) is 91.2 Å². The van der Waals surface area contributed by atoms with Crippen LogP contribution in [0.3, 0.4) is 0 Å². The van der Waals surface area contributed by atoms with Crippen LogP contribution in [0.4, 0.5) is 0 Å². The molecule has 0 aliphatic heterocycles. The number of aryl methyl sites for hydroxylation is 4. The highest BCUT2D eigenvalue weighted by molar-refractivity contribution is 6.08. The first-order valence-corrected chi connectivity index (χ1v) is 9.88. The first-order valence-electron chi connectivity index (χ1n) is 9.88. The first-order chi connectivity index (χ1) is 14.0. The van der Waals surface area contributed by atoms with Crippen molar-refractivity contribution in [2.45, 2.75) is 20.8 Å². The Kier molecular flexibility index (Phi) is 3.99. The Morgan fingerprint density at radius 2 is 1.55 bits per heavy atom. The van der Waals surface area contributed by atoms with Gasteiger partial charge in [0.2, 0.25) is 11.4 Å². The second-order valence-corrected chi connectivity index (χ2v) is 7.77. The monoisotopic (exact) mass is 379 g/mol. The molecule has 0 radical (unpaired) electrons. The van der Waals surface area contributed by atoms with Gasteiger partial charge in [-0.2, -0.15) is 0 Å². The summed E-state index contributed by atoms with van der Waals surface area (Å²) in [5.74, 6) is 0. The van der Waals surface area contributed by atoms with Gasteiger partial charge in [0.25, 0.3) is 0 Å². The van der Waals surface area contributed by atoms with Gasteiger partial charge in [-0.1, -0.05) is 36.4 Å². The molecule has 0 N–H and O–H groups in total. The standard InChI is InChI=1S/C26H23N2O/c1-16-8-5-6-9-19(16)24-14-23(17(2)15-28(24)4)21-11-7-10-20-22-13-12-18(3)27-26(22)29-25(20)21/h5-15H,1-4H3/q+1. The quantitative estimate of drug-likeness (QED) is 0.349. The third kappa shape index (κ3) is 2.82. The Balaban J connectivity index is 1.80. The first kappa shape index (κ1) is 17.6. The van der Waals surface area contributed by atoms with Crippen molar-refractivity contribution in [3.63, 3.8) is 0 Å². The van der Waals surface area contributed by atoms with Crippen LogP contribution in [-0.4, -0.2) is 4.98 Å². The number of rotatable bonds is 2. The topological polar surface area (TPSA) is 29.9 Å². The van der Waals surface area contributed by atoms with Crippen LogP contribution >= 0.6 is 0 Å². The predicted molar refractivity (Wildman–Crippen MR) is 118 cm³/mol. The molecular formula is C26H23N2O+. The zero-order valence-corrected chi connectivity index (χ0v) is 17.2. The van der Waals surface area contributed by atoms with Crippen molar-refractivity contribution in [3.05, 3.63) is 83.7 Å². The van der Waals surface area contributed by atoms with E-state index in [1.807, 2.05) is 13.0 Å². The average molecular weight is 379 g/mol. The fourth-order valence-corrected chi connectivity index (χ4v) is 4.18. The van der Waals surface area contributed by atoms with Crippen molar-refractivity contribution < 1.29 is 8.98 Å². The van der Waals surface area contributed by atoms with E-state index in [9.17, 15) is 0 Å². The highest BCUT2D eigenvalue weighted by atomic mass is 16.3. The van der Waals surface area contributed by atoms with Gasteiger partial charge in [0.05, 0.1) is 0 Å². The molecule has 3 aromatic heterocycles. The summed E-state index contributed by atoms with van der Waals surface area (Å²) < 4.78 is 8.45. The molecule has 3 heteroatoms. The SMILES string of the molecule is Cc1ccc2c(n1)oc1c(-c3cc(-c4ccccc4C)[n+](C)cc3C)cccc12. The van der Waals surface area contributed by atoms with Gasteiger partial charge in [-0.15, -0.1) is 0 Å². The number of hydrogen-bond acceptors (Lipinski definition) is 2. The number of benzene rings is 2. The minimum atomic E-state index is 0.700. The Hall–Kier alpha value is -3.46. The van der Waals surface area contributed by atoms with Crippen LogP contribution in [0.15, 0.2) is 71.3 Å². The summed E-state index contributed by atoms with van der Waals surface area (Å²) in [6.07, 6.45) is 2.20. The molecule has 29 heavy (non-hydrogen) atoms. The Labute approximate surface area is 170 Å². The van der Waals surface area contributed by atoms with Gasteiger partial charge >= 0.3 is 0 Å². The van der Waals surface area contributed by atoms with E-state index in [4.69, 9.17) is 4.42 Å². The van der Waals surface area contributed by atoms with Crippen LogP contribution in [0, 0.1) is 20.8 Å². The van der Waals surface area contributed by atoms with Gasteiger partial charge in [0, 0.05) is 44.8 Å². The van der Waals surface area contributed by atoms with Crippen LogP contribution < -0.4 is 4.57 Å². The molecule has 142 valence electrons. The maximum absolute atomic E-state index is 6.26. The van der Waals surface area contributed by atoms with Crippen LogP contribution in [0.1, 0.15) is 16.8 Å². The largest absolute Gasteiger partial charge is 0.437 e. The molecule has 0 spiro atoms. The molecule has 0 bridgehead atoms. The summed E-state index contributed by atoms with van der Waals surface area (Å²) in [5, 5.41) is 2.17. The van der Waals surface area contributed by atoms with Crippen LogP contribution in [0.25, 0.3) is 44.5 Å². The van der Waals surface area contributed by atoms with Gasteiger partial charge < -0.3 is 4.42 Å². The molecule has 0 saturated heterocycles. The highest BCUT2D eigenvalue weighted by Gasteiger charge is 2.19. The number of hydrogen-bond donors (Lipinski definition) is 0. The zero-order chi connectivity index (χ0) is 20.1. The fraction of sp³-hybridized carbons (Fsp3) is 0.154. The van der Waals surface area contributed by atoms with E-state index in [1.165, 1.54) is 27.9 Å². The smallest absolute Gasteiger partial charge is 0.227 e. The Morgan fingerprint density at radius 1 is 0.759 bits per heavy atom. The van der Waals surface area contributed by atoms with Crippen molar-refractivity contribution in [2.75, 3.05) is 0 Å². The number of furan rings is 1. The molecule has 0 saturated carbocycles. The van der Waals surface area contributed by atoms with E-state index in [-0.39, 0.29) is 0 Å². The lowest BCUT2D eigenvalue weighted by atomic mass is 9.96. The lowest BCUT2D eigenvalue weighted by Crippen LogP contribution is -2.31. The average Bonchev–Trinajstić information content (AvgIpc) is 3.07. The molecule has 5 rings (SSSR count). The van der Waals surface area contributed by atoms with Crippen LogP contribution in [0.5, 0.6) is 0 Å². The Bertz CT molecular complexity index is 1400. The molecule has 5 aromatic rings. The molecule has 0 fully saturated rings. The normalized spacial score (nSPS) is 11.4. The van der Waals surface area contributed by atoms with Crippen molar-refractivity contribution in [3.8, 4) is 22.4 Å². The van der Waals surface area contributed by atoms with Gasteiger partial charge in [0.1, 0.15) is 12.6 Å². The van der Waals surface area contributed by atoms with Gasteiger partial charge in [-0.3, -0.25) is 0 Å². The summed E-state index contributed by atoms with van der Waals surface area (Å²) in [6, 6.07) is 21.3. The van der Waals surface area contributed by atoms with Crippen LogP contribution in [-0.2, 0) is 7.05 Å². The van der Waals surface area contributed by atoms with Crippen LogP contribution in [0.2, 0.25) is 0 Å². The van der Waals surface area contributed by atoms with E-state index >= 15 is 0 Å². The van der Waals surface area contributed by atoms with E-state index in [1.54, 1.807) is 0 Å². The minimum absolute atomic E-state index is 0.700.